The Morgan fingerprint density at radius 2 is 1.89 bits per heavy atom. The van der Waals surface area contributed by atoms with E-state index in [0.29, 0.717) is 10.0 Å². The molecule has 0 bridgehead atoms. The van der Waals surface area contributed by atoms with Gasteiger partial charge in [-0.05, 0) is 31.5 Å². The Morgan fingerprint density at radius 3 is 2.33 bits per heavy atom. The maximum atomic E-state index is 11.8. The molecule has 0 radical (unpaired) electrons. The van der Waals surface area contributed by atoms with Gasteiger partial charge in [0.25, 0.3) is 0 Å². The third-order valence-corrected chi connectivity index (χ3v) is 3.29. The third-order valence-electron chi connectivity index (χ3n) is 2.73. The summed E-state index contributed by atoms with van der Waals surface area (Å²) in [7, 11) is 1.71. The number of hydrogen-bond donors (Lipinski definition) is 1. The molecule has 0 aliphatic rings. The van der Waals surface area contributed by atoms with Crippen molar-refractivity contribution in [2.24, 2.45) is 5.73 Å². The molecule has 3 nitrogen and oxygen atoms in total. The zero-order valence-electron chi connectivity index (χ0n) is 10.5. The molecule has 0 aliphatic heterocycles. The molecular weight excluding hydrogens is 295 g/mol. The highest BCUT2D eigenvalue weighted by Crippen LogP contribution is 2.29. The van der Waals surface area contributed by atoms with Crippen molar-refractivity contribution in [3.05, 3.63) is 33.8 Å². The van der Waals surface area contributed by atoms with E-state index in [9.17, 15) is 4.79 Å². The lowest BCUT2D eigenvalue weighted by Crippen LogP contribution is -2.41. The fourth-order valence-corrected chi connectivity index (χ4v) is 2.13. The summed E-state index contributed by atoms with van der Waals surface area (Å²) >= 11 is 11.9. The quantitative estimate of drug-likeness (QED) is 0.931. The molecule has 102 valence electrons. The molecule has 0 aliphatic carbocycles. The maximum absolute atomic E-state index is 11.8. The van der Waals surface area contributed by atoms with Gasteiger partial charge in [-0.3, -0.25) is 4.79 Å². The monoisotopic (exact) mass is 310 g/mol. The minimum absolute atomic E-state index is 0. The summed E-state index contributed by atoms with van der Waals surface area (Å²) < 4.78 is 0. The second-order valence-corrected chi connectivity index (χ2v) is 4.92. The molecule has 0 aromatic heterocycles. The number of nitrogens with zero attached hydrogens (tertiary/aromatic N) is 1. The SMILES string of the molecule is CC(c1ccc(Cl)cc1Cl)N(C)C(=O)[C@H](C)N.Cl. The average Bonchev–Trinajstić information content (AvgIpc) is 2.26. The molecule has 6 heteroatoms. The number of carbonyl (C=O) groups excluding carboxylic acids is 1. The molecule has 1 rings (SSSR count). The van der Waals surface area contributed by atoms with Crippen LogP contribution in [0.15, 0.2) is 18.2 Å². The molecule has 2 N–H and O–H groups in total. The topological polar surface area (TPSA) is 46.3 Å². The number of halogens is 3. The molecule has 0 spiro atoms. The zero-order valence-corrected chi connectivity index (χ0v) is 12.8. The summed E-state index contributed by atoms with van der Waals surface area (Å²) in [5, 5.41) is 1.13. The van der Waals surface area contributed by atoms with Gasteiger partial charge in [-0.1, -0.05) is 29.3 Å². The molecule has 1 unspecified atom stereocenters. The summed E-state index contributed by atoms with van der Waals surface area (Å²) in [5.74, 6) is -0.122. The summed E-state index contributed by atoms with van der Waals surface area (Å²) in [6.07, 6.45) is 0. The first-order chi connectivity index (χ1) is 7.84. The highest BCUT2D eigenvalue weighted by atomic mass is 35.5. The minimum atomic E-state index is -0.520. The maximum Gasteiger partial charge on any atom is 0.239 e. The van der Waals surface area contributed by atoms with E-state index in [4.69, 9.17) is 28.9 Å². The van der Waals surface area contributed by atoms with Gasteiger partial charge in [-0.25, -0.2) is 0 Å². The molecule has 2 atom stereocenters. The van der Waals surface area contributed by atoms with Crippen molar-refractivity contribution in [3.63, 3.8) is 0 Å². The van der Waals surface area contributed by atoms with E-state index >= 15 is 0 Å². The largest absolute Gasteiger partial charge is 0.338 e. The first-order valence-electron chi connectivity index (χ1n) is 5.31. The molecular formula is C12H17Cl3N2O. The van der Waals surface area contributed by atoms with E-state index in [2.05, 4.69) is 0 Å². The Morgan fingerprint density at radius 1 is 1.33 bits per heavy atom. The lowest BCUT2D eigenvalue weighted by atomic mass is 10.1. The van der Waals surface area contributed by atoms with Gasteiger partial charge in [0.15, 0.2) is 0 Å². The average molecular weight is 312 g/mol. The Bertz CT molecular complexity index is 424. The van der Waals surface area contributed by atoms with Gasteiger partial charge in [0.2, 0.25) is 5.91 Å². The molecule has 1 aromatic carbocycles. The van der Waals surface area contributed by atoms with E-state index in [0.717, 1.165) is 5.56 Å². The molecule has 0 saturated carbocycles. The van der Waals surface area contributed by atoms with Crippen molar-refractivity contribution >= 4 is 41.5 Å². The number of hydrogen-bond acceptors (Lipinski definition) is 2. The number of amides is 1. The Balaban J connectivity index is 0.00000289. The summed E-state index contributed by atoms with van der Waals surface area (Å²) in [6.45, 7) is 3.56. The number of carbonyl (C=O) groups is 1. The van der Waals surface area contributed by atoms with E-state index in [1.807, 2.05) is 13.0 Å². The Labute approximate surface area is 124 Å². The van der Waals surface area contributed by atoms with Gasteiger partial charge in [0, 0.05) is 17.1 Å². The molecule has 18 heavy (non-hydrogen) atoms. The van der Waals surface area contributed by atoms with E-state index in [-0.39, 0.29) is 24.4 Å². The molecule has 0 heterocycles. The van der Waals surface area contributed by atoms with Crippen molar-refractivity contribution in [3.8, 4) is 0 Å². The van der Waals surface area contributed by atoms with Crippen molar-refractivity contribution in [2.45, 2.75) is 25.9 Å². The smallest absolute Gasteiger partial charge is 0.239 e. The fraction of sp³-hybridized carbons (Fsp3) is 0.417. The van der Waals surface area contributed by atoms with Gasteiger partial charge < -0.3 is 10.6 Å². The second kappa shape index (κ2) is 7.19. The predicted molar refractivity (Wildman–Crippen MR) is 78.5 cm³/mol. The number of likely N-dealkylation sites (N-methyl/N-ethyl adjacent to an activating group) is 1. The van der Waals surface area contributed by atoms with Crippen LogP contribution in [0.5, 0.6) is 0 Å². The van der Waals surface area contributed by atoms with Crippen molar-refractivity contribution in [2.75, 3.05) is 7.05 Å². The zero-order chi connectivity index (χ0) is 13.2. The van der Waals surface area contributed by atoms with Crippen LogP contribution in [-0.4, -0.2) is 23.9 Å². The predicted octanol–water partition coefficient (Wildman–Crippen LogP) is 3.28. The van der Waals surface area contributed by atoms with Gasteiger partial charge in [-0.2, -0.15) is 0 Å². The van der Waals surface area contributed by atoms with Gasteiger partial charge in [-0.15, -0.1) is 12.4 Å². The summed E-state index contributed by atoms with van der Waals surface area (Å²) in [4.78, 5) is 13.4. The second-order valence-electron chi connectivity index (χ2n) is 4.08. The highest BCUT2D eigenvalue weighted by molar-refractivity contribution is 6.35. The Hall–Kier alpha value is -0.480. The lowest BCUT2D eigenvalue weighted by Gasteiger charge is -2.27. The van der Waals surface area contributed by atoms with Crippen LogP contribution in [0.3, 0.4) is 0 Å². The standard InChI is InChI=1S/C12H16Cl2N2O.ClH/c1-7(15)12(17)16(3)8(2)10-5-4-9(13)6-11(10)14;/h4-8H,15H2,1-3H3;1H/t7-,8?;/m0./s1. The van der Waals surface area contributed by atoms with Gasteiger partial charge in [0.05, 0.1) is 12.1 Å². The molecule has 1 aromatic rings. The van der Waals surface area contributed by atoms with Crippen LogP contribution in [0.2, 0.25) is 10.0 Å². The first-order valence-corrected chi connectivity index (χ1v) is 6.07. The van der Waals surface area contributed by atoms with Gasteiger partial charge in [0.1, 0.15) is 0 Å². The minimum Gasteiger partial charge on any atom is -0.338 e. The molecule has 1 amide bonds. The lowest BCUT2D eigenvalue weighted by molar-refractivity contribution is -0.132. The van der Waals surface area contributed by atoms with E-state index in [1.54, 1.807) is 31.0 Å². The van der Waals surface area contributed by atoms with Crippen LogP contribution in [0.25, 0.3) is 0 Å². The van der Waals surface area contributed by atoms with E-state index in [1.165, 1.54) is 0 Å². The number of nitrogens with two attached hydrogens (primary N) is 1. The van der Waals surface area contributed by atoms with Crippen molar-refractivity contribution < 1.29 is 4.79 Å². The number of benzene rings is 1. The number of rotatable bonds is 3. The van der Waals surface area contributed by atoms with Crippen LogP contribution in [0.1, 0.15) is 25.5 Å². The van der Waals surface area contributed by atoms with Crippen molar-refractivity contribution in [1.82, 2.24) is 4.90 Å². The Kier molecular flexibility index (Phi) is 7.00. The van der Waals surface area contributed by atoms with Crippen LogP contribution in [-0.2, 0) is 4.79 Å². The molecule has 0 fully saturated rings. The van der Waals surface area contributed by atoms with Crippen LogP contribution in [0, 0.1) is 0 Å². The van der Waals surface area contributed by atoms with Crippen LogP contribution >= 0.6 is 35.6 Å². The summed E-state index contributed by atoms with van der Waals surface area (Å²) in [5.41, 5.74) is 6.42. The first kappa shape index (κ1) is 17.5. The third kappa shape index (κ3) is 4.02. The van der Waals surface area contributed by atoms with Crippen LogP contribution < -0.4 is 5.73 Å². The van der Waals surface area contributed by atoms with Crippen LogP contribution in [0.4, 0.5) is 0 Å². The van der Waals surface area contributed by atoms with E-state index < -0.39 is 6.04 Å². The molecule has 0 saturated heterocycles. The fourth-order valence-electron chi connectivity index (χ4n) is 1.56. The van der Waals surface area contributed by atoms with Gasteiger partial charge >= 0.3 is 0 Å². The van der Waals surface area contributed by atoms with Crippen molar-refractivity contribution in [1.29, 1.82) is 0 Å². The summed E-state index contributed by atoms with van der Waals surface area (Å²) in [6, 6.07) is 4.58. The highest BCUT2D eigenvalue weighted by Gasteiger charge is 2.21. The normalized spacial score (nSPS) is 13.4.